The van der Waals surface area contributed by atoms with Crippen LogP contribution in [-0.2, 0) is 9.53 Å². The molecule has 140 valence electrons. The Morgan fingerprint density at radius 1 is 1.12 bits per heavy atom. The average Bonchev–Trinajstić information content (AvgIpc) is 2.80. The molecule has 0 aromatic heterocycles. The number of aliphatic hydroxyl groups is 3. The highest BCUT2D eigenvalue weighted by Gasteiger charge is 2.34. The fourth-order valence-corrected chi connectivity index (χ4v) is 3.14. The van der Waals surface area contributed by atoms with Crippen molar-refractivity contribution < 1.29 is 24.9 Å². The van der Waals surface area contributed by atoms with E-state index < -0.39 is 22.9 Å². The van der Waals surface area contributed by atoms with E-state index in [4.69, 9.17) is 4.74 Å². The lowest BCUT2D eigenvalue weighted by atomic mass is 9.82. The zero-order valence-corrected chi connectivity index (χ0v) is 15.5. The topological polar surface area (TPSA) is 87.0 Å². The number of fused-ring (bicyclic) bond motifs is 1. The molecule has 0 spiro atoms. The van der Waals surface area contributed by atoms with Crippen molar-refractivity contribution in [3.8, 4) is 0 Å². The van der Waals surface area contributed by atoms with E-state index in [1.165, 1.54) is 0 Å². The van der Waals surface area contributed by atoms with Gasteiger partial charge in [0.05, 0.1) is 16.8 Å². The van der Waals surface area contributed by atoms with E-state index in [-0.39, 0.29) is 18.3 Å². The number of carbonyl (C=O) groups excluding carboxylic acids is 1. The molecule has 1 heterocycles. The van der Waals surface area contributed by atoms with Crippen LogP contribution in [0.1, 0.15) is 53.4 Å². The maximum absolute atomic E-state index is 12.1. The number of ether oxygens (including phenoxy) is 1. The molecule has 5 nitrogen and oxygen atoms in total. The van der Waals surface area contributed by atoms with Gasteiger partial charge >= 0.3 is 5.97 Å². The van der Waals surface area contributed by atoms with Crippen LogP contribution in [0.15, 0.2) is 36.0 Å². The van der Waals surface area contributed by atoms with Crippen LogP contribution in [0.4, 0.5) is 0 Å². The maximum atomic E-state index is 12.1. The molecule has 0 saturated heterocycles. The van der Waals surface area contributed by atoms with Gasteiger partial charge in [-0.25, -0.2) is 4.79 Å². The highest BCUT2D eigenvalue weighted by molar-refractivity contribution is 5.90. The van der Waals surface area contributed by atoms with Crippen LogP contribution in [0.3, 0.4) is 0 Å². The Balaban J connectivity index is 2.35. The number of rotatable bonds is 1. The lowest BCUT2D eigenvalue weighted by Gasteiger charge is -2.30. The summed E-state index contributed by atoms with van der Waals surface area (Å²) < 4.78 is 5.33. The van der Waals surface area contributed by atoms with Crippen molar-refractivity contribution in [2.24, 2.45) is 5.92 Å². The summed E-state index contributed by atoms with van der Waals surface area (Å²) in [5.41, 5.74) is -2.87. The molecule has 2 aliphatic rings. The molecular formula is C20H30O5. The van der Waals surface area contributed by atoms with Gasteiger partial charge in [0.15, 0.2) is 0 Å². The smallest absolute Gasteiger partial charge is 0.334 e. The van der Waals surface area contributed by atoms with Crippen molar-refractivity contribution in [3.05, 3.63) is 36.0 Å². The molecule has 25 heavy (non-hydrogen) atoms. The molecular weight excluding hydrogens is 320 g/mol. The molecule has 2 bridgehead atoms. The molecule has 0 aromatic carbocycles. The minimum Gasteiger partial charge on any atom is -0.455 e. The Labute approximate surface area is 149 Å². The van der Waals surface area contributed by atoms with Crippen molar-refractivity contribution in [1.82, 2.24) is 0 Å². The van der Waals surface area contributed by atoms with Gasteiger partial charge in [0.25, 0.3) is 0 Å². The first-order chi connectivity index (χ1) is 11.4. The molecule has 0 fully saturated rings. The van der Waals surface area contributed by atoms with Crippen molar-refractivity contribution in [2.45, 2.75) is 76.3 Å². The second-order valence-corrected chi connectivity index (χ2v) is 8.14. The molecule has 0 radical (unpaired) electrons. The summed E-state index contributed by atoms with van der Waals surface area (Å²) in [7, 11) is 0. The van der Waals surface area contributed by atoms with Crippen LogP contribution in [0.25, 0.3) is 0 Å². The summed E-state index contributed by atoms with van der Waals surface area (Å²) in [6.45, 7) is 7.12. The van der Waals surface area contributed by atoms with Gasteiger partial charge in [0, 0.05) is 12.0 Å². The Bertz CT molecular complexity index is 597. The van der Waals surface area contributed by atoms with Crippen LogP contribution in [-0.4, -0.2) is 44.2 Å². The molecule has 0 unspecified atom stereocenters. The van der Waals surface area contributed by atoms with E-state index in [0.29, 0.717) is 24.8 Å². The molecule has 0 saturated carbocycles. The number of hydrogen-bond acceptors (Lipinski definition) is 5. The molecule has 0 aromatic rings. The molecule has 4 atom stereocenters. The van der Waals surface area contributed by atoms with Crippen molar-refractivity contribution in [3.63, 3.8) is 0 Å². The molecule has 1 aliphatic carbocycles. The Morgan fingerprint density at radius 3 is 2.44 bits per heavy atom. The third kappa shape index (κ3) is 5.27. The Hall–Kier alpha value is -1.43. The standard InChI is InChI=1S/C20H30O5/c1-14(2)20(24)9-6-15-12-16(25-17(15)21)13-19(4,23)8-5-7-18(3,22)10-11-20/h5,8,10-12,14,16,22-24H,6-7,9,13H2,1-4H3/t16-,18-,19+,20-/m1/s1. The lowest BCUT2D eigenvalue weighted by molar-refractivity contribution is -0.141. The summed E-state index contributed by atoms with van der Waals surface area (Å²) in [5.74, 6) is -0.459. The van der Waals surface area contributed by atoms with E-state index in [0.717, 1.165) is 0 Å². The highest BCUT2D eigenvalue weighted by Crippen LogP contribution is 2.32. The van der Waals surface area contributed by atoms with E-state index >= 15 is 0 Å². The van der Waals surface area contributed by atoms with Crippen LogP contribution >= 0.6 is 0 Å². The van der Waals surface area contributed by atoms with Gasteiger partial charge < -0.3 is 20.1 Å². The summed E-state index contributed by atoms with van der Waals surface area (Å²) in [6.07, 6.45) is 9.14. The van der Waals surface area contributed by atoms with Crippen LogP contribution < -0.4 is 0 Å². The van der Waals surface area contributed by atoms with Gasteiger partial charge in [-0.05, 0) is 45.1 Å². The third-order valence-corrected chi connectivity index (χ3v) is 5.06. The highest BCUT2D eigenvalue weighted by atomic mass is 16.5. The van der Waals surface area contributed by atoms with Gasteiger partial charge in [-0.15, -0.1) is 0 Å². The minimum atomic E-state index is -1.14. The van der Waals surface area contributed by atoms with Gasteiger partial charge in [-0.2, -0.15) is 0 Å². The van der Waals surface area contributed by atoms with E-state index in [1.807, 2.05) is 13.8 Å². The summed E-state index contributed by atoms with van der Waals surface area (Å²) in [5, 5.41) is 31.9. The van der Waals surface area contributed by atoms with E-state index in [1.54, 1.807) is 44.2 Å². The zero-order valence-electron chi connectivity index (χ0n) is 15.5. The van der Waals surface area contributed by atoms with E-state index in [2.05, 4.69) is 0 Å². The Morgan fingerprint density at radius 2 is 1.80 bits per heavy atom. The molecule has 3 N–H and O–H groups in total. The van der Waals surface area contributed by atoms with Crippen LogP contribution in [0, 0.1) is 5.92 Å². The lowest BCUT2D eigenvalue weighted by Crippen LogP contribution is -2.34. The van der Waals surface area contributed by atoms with Gasteiger partial charge in [0.2, 0.25) is 0 Å². The normalized spacial score (nSPS) is 39.9. The first-order valence-corrected chi connectivity index (χ1v) is 8.89. The zero-order chi connectivity index (χ0) is 18.9. The van der Waals surface area contributed by atoms with Crippen molar-refractivity contribution in [2.75, 3.05) is 0 Å². The average molecular weight is 350 g/mol. The van der Waals surface area contributed by atoms with Crippen LogP contribution in [0.2, 0.25) is 0 Å². The summed E-state index contributed by atoms with van der Waals surface area (Å²) in [4.78, 5) is 12.1. The van der Waals surface area contributed by atoms with Gasteiger partial charge in [-0.3, -0.25) is 0 Å². The SMILES string of the molecule is CC(C)[C@]1(O)C=C[C@](C)(O)CC=C[C@](C)(O)C[C@H]2C=C(CC1)C(=O)O2. The number of esters is 1. The predicted octanol–water partition coefficient (Wildman–Crippen LogP) is 2.41. The van der Waals surface area contributed by atoms with Gasteiger partial charge in [0.1, 0.15) is 6.10 Å². The maximum Gasteiger partial charge on any atom is 0.334 e. The first-order valence-electron chi connectivity index (χ1n) is 8.89. The largest absolute Gasteiger partial charge is 0.455 e. The molecule has 2 rings (SSSR count). The van der Waals surface area contributed by atoms with E-state index in [9.17, 15) is 20.1 Å². The second-order valence-electron chi connectivity index (χ2n) is 8.14. The number of carbonyl (C=O) groups is 1. The molecule has 1 aliphatic heterocycles. The van der Waals surface area contributed by atoms with Gasteiger partial charge in [-0.1, -0.05) is 38.2 Å². The predicted molar refractivity (Wildman–Crippen MR) is 95.7 cm³/mol. The molecule has 5 heteroatoms. The minimum absolute atomic E-state index is 0.0717. The Kier molecular flexibility index (Phi) is 5.62. The quantitative estimate of drug-likeness (QED) is 0.499. The van der Waals surface area contributed by atoms with Crippen LogP contribution in [0.5, 0.6) is 0 Å². The van der Waals surface area contributed by atoms with Crippen molar-refractivity contribution in [1.29, 1.82) is 0 Å². The fourth-order valence-electron chi connectivity index (χ4n) is 3.14. The van der Waals surface area contributed by atoms with Crippen molar-refractivity contribution >= 4 is 5.97 Å². The fraction of sp³-hybridized carbons (Fsp3) is 0.650. The molecule has 0 amide bonds. The summed E-state index contributed by atoms with van der Waals surface area (Å²) in [6, 6.07) is 0. The monoisotopic (exact) mass is 350 g/mol. The first kappa shape index (κ1) is 19.9. The summed E-state index contributed by atoms with van der Waals surface area (Å²) >= 11 is 0. The number of hydrogen-bond donors (Lipinski definition) is 3. The second kappa shape index (κ2) is 7.06. The third-order valence-electron chi connectivity index (χ3n) is 5.06.